The van der Waals surface area contributed by atoms with Gasteiger partial charge in [0.05, 0.1) is 33.3 Å². The SMILES string of the molecule is COc1cccc(N2CC[NH+](Cc3cc4c(cc3Br)OCO4)CC2)c1. The zero-order valence-electron chi connectivity index (χ0n) is 14.3. The summed E-state index contributed by atoms with van der Waals surface area (Å²) < 4.78 is 17.4. The number of fused-ring (bicyclic) bond motifs is 1. The van der Waals surface area contributed by atoms with Crippen molar-refractivity contribution in [3.05, 3.63) is 46.4 Å². The lowest BCUT2D eigenvalue weighted by molar-refractivity contribution is -0.914. The van der Waals surface area contributed by atoms with E-state index in [0.717, 1.165) is 54.4 Å². The molecule has 25 heavy (non-hydrogen) atoms. The Hall–Kier alpha value is -1.92. The van der Waals surface area contributed by atoms with E-state index >= 15 is 0 Å². The molecule has 1 N–H and O–H groups in total. The molecule has 2 heterocycles. The number of nitrogens with zero attached hydrogens (tertiary/aromatic N) is 1. The maximum absolute atomic E-state index is 5.51. The van der Waals surface area contributed by atoms with Crippen LogP contribution in [0.2, 0.25) is 0 Å². The van der Waals surface area contributed by atoms with Gasteiger partial charge in [0, 0.05) is 21.8 Å². The molecule has 0 saturated carbocycles. The van der Waals surface area contributed by atoms with Crippen LogP contribution < -0.4 is 24.0 Å². The van der Waals surface area contributed by atoms with Gasteiger partial charge in [-0.2, -0.15) is 0 Å². The third kappa shape index (κ3) is 3.55. The molecule has 0 radical (unpaired) electrons. The van der Waals surface area contributed by atoms with Crippen LogP contribution in [0, 0.1) is 0 Å². The number of rotatable bonds is 4. The molecule has 0 unspecified atom stereocenters. The van der Waals surface area contributed by atoms with Crippen LogP contribution in [0.4, 0.5) is 5.69 Å². The molecule has 2 aromatic carbocycles. The molecule has 0 aromatic heterocycles. The van der Waals surface area contributed by atoms with E-state index in [2.05, 4.69) is 45.1 Å². The second kappa shape index (κ2) is 7.14. The molecule has 2 aromatic rings. The molecule has 5 nitrogen and oxygen atoms in total. The van der Waals surface area contributed by atoms with Gasteiger partial charge in [0.1, 0.15) is 12.3 Å². The van der Waals surface area contributed by atoms with Gasteiger partial charge >= 0.3 is 0 Å². The predicted molar refractivity (Wildman–Crippen MR) is 99.9 cm³/mol. The number of anilines is 1. The van der Waals surface area contributed by atoms with Crippen molar-refractivity contribution < 1.29 is 19.1 Å². The fourth-order valence-electron chi connectivity index (χ4n) is 3.43. The number of hydrogen-bond donors (Lipinski definition) is 1. The average Bonchev–Trinajstić information content (AvgIpc) is 3.10. The monoisotopic (exact) mass is 405 g/mol. The number of ether oxygens (including phenoxy) is 3. The van der Waals surface area contributed by atoms with Crippen LogP contribution >= 0.6 is 15.9 Å². The second-order valence-electron chi connectivity index (χ2n) is 6.41. The van der Waals surface area contributed by atoms with E-state index < -0.39 is 0 Å². The van der Waals surface area contributed by atoms with Crippen molar-refractivity contribution in [2.24, 2.45) is 0 Å². The Morgan fingerprint density at radius 2 is 1.88 bits per heavy atom. The average molecular weight is 406 g/mol. The van der Waals surface area contributed by atoms with Crippen LogP contribution in [0.1, 0.15) is 5.56 Å². The van der Waals surface area contributed by atoms with Gasteiger partial charge in [-0.05, 0) is 24.3 Å². The zero-order valence-corrected chi connectivity index (χ0v) is 15.8. The molecule has 0 atom stereocenters. The summed E-state index contributed by atoms with van der Waals surface area (Å²) in [7, 11) is 1.71. The molecule has 4 rings (SSSR count). The van der Waals surface area contributed by atoms with Crippen molar-refractivity contribution in [1.29, 1.82) is 0 Å². The van der Waals surface area contributed by atoms with E-state index in [0.29, 0.717) is 6.79 Å². The molecular weight excluding hydrogens is 384 g/mol. The van der Waals surface area contributed by atoms with E-state index in [1.165, 1.54) is 11.3 Å². The second-order valence-corrected chi connectivity index (χ2v) is 7.27. The lowest BCUT2D eigenvalue weighted by Gasteiger charge is -2.34. The van der Waals surface area contributed by atoms with E-state index in [1.807, 2.05) is 12.1 Å². The zero-order chi connectivity index (χ0) is 17.2. The summed E-state index contributed by atoms with van der Waals surface area (Å²) >= 11 is 3.67. The van der Waals surface area contributed by atoms with E-state index in [-0.39, 0.29) is 0 Å². The minimum Gasteiger partial charge on any atom is -0.497 e. The van der Waals surface area contributed by atoms with Gasteiger partial charge < -0.3 is 24.0 Å². The normalized spacial score (nSPS) is 17.0. The molecule has 1 fully saturated rings. The standard InChI is InChI=1S/C19H21BrN2O3/c1-23-16-4-2-3-15(10-16)22-7-5-21(6-8-22)12-14-9-18-19(11-17(14)20)25-13-24-18/h2-4,9-11H,5-8,12-13H2,1H3/p+1. The first-order valence-corrected chi connectivity index (χ1v) is 9.33. The van der Waals surface area contributed by atoms with Gasteiger partial charge in [-0.25, -0.2) is 0 Å². The van der Waals surface area contributed by atoms with Gasteiger partial charge in [-0.1, -0.05) is 22.0 Å². The van der Waals surface area contributed by atoms with Gasteiger partial charge in [0.25, 0.3) is 0 Å². The molecule has 2 aliphatic rings. The number of methoxy groups -OCH3 is 1. The molecule has 0 amide bonds. The van der Waals surface area contributed by atoms with E-state index in [9.17, 15) is 0 Å². The van der Waals surface area contributed by atoms with Crippen LogP contribution in [0.5, 0.6) is 17.2 Å². The summed E-state index contributed by atoms with van der Waals surface area (Å²) in [6.07, 6.45) is 0. The Labute approximate surface area is 156 Å². The fourth-order valence-corrected chi connectivity index (χ4v) is 3.89. The Morgan fingerprint density at radius 3 is 2.64 bits per heavy atom. The molecule has 0 bridgehead atoms. The minimum atomic E-state index is 0.317. The summed E-state index contributed by atoms with van der Waals surface area (Å²) in [5.74, 6) is 2.60. The van der Waals surface area contributed by atoms with Crippen LogP contribution in [0.15, 0.2) is 40.9 Å². The first-order chi connectivity index (χ1) is 12.2. The van der Waals surface area contributed by atoms with Crippen LogP contribution in [0.3, 0.4) is 0 Å². The highest BCUT2D eigenvalue weighted by atomic mass is 79.9. The highest BCUT2D eigenvalue weighted by molar-refractivity contribution is 9.10. The molecule has 0 aliphatic carbocycles. The number of nitrogens with one attached hydrogen (secondary N) is 1. The highest BCUT2D eigenvalue weighted by Crippen LogP contribution is 2.36. The first kappa shape index (κ1) is 16.5. The maximum Gasteiger partial charge on any atom is 0.231 e. The molecule has 1 saturated heterocycles. The summed E-state index contributed by atoms with van der Waals surface area (Å²) in [6.45, 7) is 5.62. The van der Waals surface area contributed by atoms with Crippen LogP contribution in [-0.4, -0.2) is 40.1 Å². The first-order valence-electron chi connectivity index (χ1n) is 8.53. The molecule has 6 heteroatoms. The van der Waals surface area contributed by atoms with E-state index in [4.69, 9.17) is 14.2 Å². The Balaban J connectivity index is 1.39. The molecule has 2 aliphatic heterocycles. The predicted octanol–water partition coefficient (Wildman–Crippen LogP) is 2.09. The largest absolute Gasteiger partial charge is 0.497 e. The highest BCUT2D eigenvalue weighted by Gasteiger charge is 2.23. The van der Waals surface area contributed by atoms with Crippen molar-refractivity contribution in [3.8, 4) is 17.2 Å². The number of piperazine rings is 1. The molecule has 132 valence electrons. The topological polar surface area (TPSA) is 35.4 Å². The van der Waals surface area contributed by atoms with Crippen molar-refractivity contribution in [2.75, 3.05) is 45.0 Å². The summed E-state index contributed by atoms with van der Waals surface area (Å²) in [5.41, 5.74) is 2.51. The van der Waals surface area contributed by atoms with Crippen LogP contribution in [0.25, 0.3) is 0 Å². The van der Waals surface area contributed by atoms with Gasteiger partial charge in [0.2, 0.25) is 6.79 Å². The summed E-state index contributed by atoms with van der Waals surface area (Å²) in [4.78, 5) is 4.01. The molecular formula is C19H22BrN2O3+. The quantitative estimate of drug-likeness (QED) is 0.844. The maximum atomic E-state index is 5.51. The van der Waals surface area contributed by atoms with Crippen molar-refractivity contribution in [2.45, 2.75) is 6.54 Å². The summed E-state index contributed by atoms with van der Waals surface area (Å²) in [5, 5.41) is 0. The number of benzene rings is 2. The van der Waals surface area contributed by atoms with Crippen molar-refractivity contribution in [1.82, 2.24) is 0 Å². The van der Waals surface area contributed by atoms with Gasteiger partial charge in [-0.3, -0.25) is 0 Å². The number of halogens is 1. The number of quaternary nitrogens is 1. The Kier molecular flexibility index (Phi) is 4.72. The summed E-state index contributed by atoms with van der Waals surface area (Å²) in [6, 6.07) is 12.4. The Morgan fingerprint density at radius 1 is 1.12 bits per heavy atom. The van der Waals surface area contributed by atoms with Gasteiger partial charge in [-0.15, -0.1) is 0 Å². The minimum absolute atomic E-state index is 0.317. The van der Waals surface area contributed by atoms with Crippen LogP contribution in [-0.2, 0) is 6.54 Å². The van der Waals surface area contributed by atoms with Crippen molar-refractivity contribution in [3.63, 3.8) is 0 Å². The van der Waals surface area contributed by atoms with Gasteiger partial charge in [0.15, 0.2) is 11.5 Å². The van der Waals surface area contributed by atoms with Crippen molar-refractivity contribution >= 4 is 21.6 Å². The number of hydrogen-bond acceptors (Lipinski definition) is 4. The lowest BCUT2D eigenvalue weighted by Crippen LogP contribution is -3.13. The fraction of sp³-hybridized carbons (Fsp3) is 0.368. The lowest BCUT2D eigenvalue weighted by atomic mass is 10.1. The third-order valence-electron chi connectivity index (χ3n) is 4.87. The Bertz CT molecular complexity index is 760. The smallest absolute Gasteiger partial charge is 0.231 e. The third-order valence-corrected chi connectivity index (χ3v) is 5.61. The van der Waals surface area contributed by atoms with E-state index in [1.54, 1.807) is 12.0 Å². The molecule has 0 spiro atoms.